The van der Waals surface area contributed by atoms with Crippen molar-refractivity contribution in [1.82, 2.24) is 9.97 Å². The number of aryl methyl sites for hydroxylation is 2. The van der Waals surface area contributed by atoms with Crippen molar-refractivity contribution in [3.63, 3.8) is 0 Å². The van der Waals surface area contributed by atoms with Gasteiger partial charge in [-0.1, -0.05) is 11.6 Å². The number of ether oxygens (including phenoxy) is 2. The van der Waals surface area contributed by atoms with Gasteiger partial charge in [0, 0.05) is 0 Å². The van der Waals surface area contributed by atoms with Gasteiger partial charge in [0.05, 0.1) is 23.0 Å². The number of rotatable bonds is 3. The smallest absolute Gasteiger partial charge is 0.257 e. The summed E-state index contributed by atoms with van der Waals surface area (Å²) in [4.78, 5) is 8.45. The van der Waals surface area contributed by atoms with E-state index in [-0.39, 0.29) is 11.0 Å². The first-order valence-corrected chi connectivity index (χ1v) is 6.70. The van der Waals surface area contributed by atoms with Crippen LogP contribution in [-0.4, -0.2) is 17.1 Å². The summed E-state index contributed by atoms with van der Waals surface area (Å²) in [6, 6.07) is 5.37. The summed E-state index contributed by atoms with van der Waals surface area (Å²) in [5.41, 5.74) is 1.56. The Morgan fingerprint density at radius 3 is 2.47 bits per heavy atom. The minimum Gasteiger partial charge on any atom is -0.497 e. The van der Waals surface area contributed by atoms with E-state index >= 15 is 0 Å². The molecule has 0 spiro atoms. The van der Waals surface area contributed by atoms with Crippen molar-refractivity contribution in [3.8, 4) is 17.4 Å². The van der Waals surface area contributed by atoms with Crippen LogP contribution >= 0.6 is 27.5 Å². The number of hydrogen-bond donors (Lipinski definition) is 0. The van der Waals surface area contributed by atoms with Crippen LogP contribution in [0.25, 0.3) is 0 Å². The summed E-state index contributed by atoms with van der Waals surface area (Å²) in [6.45, 7) is 3.70. The van der Waals surface area contributed by atoms with E-state index in [1.165, 1.54) is 0 Å². The van der Waals surface area contributed by atoms with Crippen molar-refractivity contribution in [1.29, 1.82) is 0 Å². The highest BCUT2D eigenvalue weighted by Crippen LogP contribution is 2.34. The first-order chi connectivity index (χ1) is 9.01. The highest BCUT2D eigenvalue weighted by Gasteiger charge is 2.11. The third kappa shape index (κ3) is 3.16. The second-order valence-electron chi connectivity index (χ2n) is 3.89. The van der Waals surface area contributed by atoms with Crippen molar-refractivity contribution in [2.24, 2.45) is 0 Å². The third-order valence-corrected chi connectivity index (χ3v) is 3.45. The zero-order chi connectivity index (χ0) is 14.0. The molecular formula is C13H12BrClN2O2. The van der Waals surface area contributed by atoms with Crippen molar-refractivity contribution in [3.05, 3.63) is 39.2 Å². The molecule has 0 saturated carbocycles. The molecular weight excluding hydrogens is 332 g/mol. The van der Waals surface area contributed by atoms with Crippen LogP contribution in [0, 0.1) is 13.8 Å². The number of methoxy groups -OCH3 is 1. The Labute approximate surface area is 124 Å². The molecule has 0 saturated heterocycles. The van der Waals surface area contributed by atoms with Gasteiger partial charge in [0.25, 0.3) is 5.88 Å². The Hall–Kier alpha value is -1.33. The number of aromatic nitrogens is 2. The Morgan fingerprint density at radius 1 is 1.16 bits per heavy atom. The zero-order valence-corrected chi connectivity index (χ0v) is 13.0. The highest BCUT2D eigenvalue weighted by molar-refractivity contribution is 9.10. The fourth-order valence-electron chi connectivity index (χ4n) is 1.42. The van der Waals surface area contributed by atoms with Crippen molar-refractivity contribution in [2.75, 3.05) is 7.11 Å². The lowest BCUT2D eigenvalue weighted by Crippen LogP contribution is -1.97. The minimum absolute atomic E-state index is 0.241. The number of halogens is 2. The van der Waals surface area contributed by atoms with Crippen LogP contribution in [0.5, 0.6) is 17.4 Å². The molecule has 0 aliphatic rings. The van der Waals surface area contributed by atoms with Gasteiger partial charge in [-0.05, 0) is 48.0 Å². The van der Waals surface area contributed by atoms with Crippen LogP contribution < -0.4 is 9.47 Å². The van der Waals surface area contributed by atoms with Crippen LogP contribution in [-0.2, 0) is 0 Å². The van der Waals surface area contributed by atoms with Gasteiger partial charge in [0.2, 0.25) is 0 Å². The molecule has 0 amide bonds. The summed E-state index contributed by atoms with van der Waals surface area (Å²) in [6.07, 6.45) is 0. The first kappa shape index (κ1) is 14.1. The molecule has 0 fully saturated rings. The molecule has 0 unspecified atom stereocenters. The maximum Gasteiger partial charge on any atom is 0.257 e. The van der Waals surface area contributed by atoms with Gasteiger partial charge in [-0.3, -0.25) is 0 Å². The Balaban J connectivity index is 2.33. The lowest BCUT2D eigenvalue weighted by molar-refractivity contribution is 0.411. The molecule has 6 heteroatoms. The first-order valence-electron chi connectivity index (χ1n) is 5.53. The van der Waals surface area contributed by atoms with E-state index in [2.05, 4.69) is 25.9 Å². The van der Waals surface area contributed by atoms with E-state index in [1.807, 2.05) is 13.8 Å². The molecule has 4 nitrogen and oxygen atoms in total. The average molecular weight is 344 g/mol. The van der Waals surface area contributed by atoms with E-state index in [9.17, 15) is 0 Å². The van der Waals surface area contributed by atoms with E-state index in [0.29, 0.717) is 5.75 Å². The number of hydrogen-bond acceptors (Lipinski definition) is 4. The van der Waals surface area contributed by atoms with E-state index in [4.69, 9.17) is 21.1 Å². The molecule has 0 atom stereocenters. The highest BCUT2D eigenvalue weighted by atomic mass is 79.9. The molecule has 19 heavy (non-hydrogen) atoms. The summed E-state index contributed by atoms with van der Waals surface area (Å²) in [5, 5.41) is 0.241. The predicted molar refractivity (Wildman–Crippen MR) is 77.3 cm³/mol. The lowest BCUT2D eigenvalue weighted by Gasteiger charge is -2.10. The standard InChI is InChI=1S/C13H12BrClN2O2/c1-7-8(2)17-13(12(15)16-7)19-11-5-4-9(18-3)6-10(11)14/h4-6H,1-3H3. The van der Waals surface area contributed by atoms with Gasteiger partial charge in [-0.25, -0.2) is 9.97 Å². The van der Waals surface area contributed by atoms with Crippen LogP contribution in [0.4, 0.5) is 0 Å². The normalized spacial score (nSPS) is 10.4. The molecule has 0 radical (unpaired) electrons. The molecule has 0 N–H and O–H groups in total. The van der Waals surface area contributed by atoms with E-state index in [0.717, 1.165) is 21.6 Å². The van der Waals surface area contributed by atoms with Gasteiger partial charge in [0.1, 0.15) is 11.5 Å². The Kier molecular flexibility index (Phi) is 4.27. The van der Waals surface area contributed by atoms with E-state index < -0.39 is 0 Å². The van der Waals surface area contributed by atoms with Crippen LogP contribution in [0.3, 0.4) is 0 Å². The molecule has 1 aromatic heterocycles. The van der Waals surface area contributed by atoms with Crippen molar-refractivity contribution < 1.29 is 9.47 Å². The Morgan fingerprint density at radius 2 is 1.84 bits per heavy atom. The lowest BCUT2D eigenvalue weighted by atomic mass is 10.3. The van der Waals surface area contributed by atoms with Crippen LogP contribution in [0.2, 0.25) is 5.15 Å². The summed E-state index contributed by atoms with van der Waals surface area (Å²) >= 11 is 9.43. The molecule has 1 aromatic carbocycles. The quantitative estimate of drug-likeness (QED) is 0.833. The Bertz CT molecular complexity index is 620. The molecule has 0 aliphatic carbocycles. The monoisotopic (exact) mass is 342 g/mol. The maximum atomic E-state index is 6.02. The fraction of sp³-hybridized carbons (Fsp3) is 0.231. The third-order valence-electron chi connectivity index (χ3n) is 2.58. The second-order valence-corrected chi connectivity index (χ2v) is 5.10. The zero-order valence-electron chi connectivity index (χ0n) is 10.7. The largest absolute Gasteiger partial charge is 0.497 e. The maximum absolute atomic E-state index is 6.02. The van der Waals surface area contributed by atoms with Crippen molar-refractivity contribution >= 4 is 27.5 Å². The SMILES string of the molecule is COc1ccc(Oc2nc(C)c(C)nc2Cl)c(Br)c1. The summed E-state index contributed by atoms with van der Waals surface area (Å²) in [5.74, 6) is 1.62. The molecule has 100 valence electrons. The summed E-state index contributed by atoms with van der Waals surface area (Å²) in [7, 11) is 1.61. The molecule has 1 heterocycles. The van der Waals surface area contributed by atoms with Gasteiger partial charge in [-0.2, -0.15) is 0 Å². The average Bonchev–Trinajstić information content (AvgIpc) is 2.38. The van der Waals surface area contributed by atoms with E-state index in [1.54, 1.807) is 25.3 Å². The van der Waals surface area contributed by atoms with Gasteiger partial charge >= 0.3 is 0 Å². The fourth-order valence-corrected chi connectivity index (χ4v) is 2.06. The van der Waals surface area contributed by atoms with Crippen molar-refractivity contribution in [2.45, 2.75) is 13.8 Å². The summed E-state index contributed by atoms with van der Waals surface area (Å²) < 4.78 is 11.5. The van der Waals surface area contributed by atoms with Crippen LogP contribution in [0.1, 0.15) is 11.4 Å². The van der Waals surface area contributed by atoms with Gasteiger partial charge < -0.3 is 9.47 Å². The predicted octanol–water partition coefficient (Wildman–Crippen LogP) is 4.31. The number of nitrogens with zero attached hydrogens (tertiary/aromatic N) is 2. The van der Waals surface area contributed by atoms with Crippen LogP contribution in [0.15, 0.2) is 22.7 Å². The van der Waals surface area contributed by atoms with Gasteiger partial charge in [0.15, 0.2) is 5.15 Å². The second kappa shape index (κ2) is 5.75. The molecule has 0 aliphatic heterocycles. The molecule has 2 aromatic rings. The topological polar surface area (TPSA) is 44.2 Å². The number of benzene rings is 1. The molecule has 2 rings (SSSR count). The minimum atomic E-state index is 0.241. The van der Waals surface area contributed by atoms with Gasteiger partial charge in [-0.15, -0.1) is 0 Å². The molecule has 0 bridgehead atoms.